The van der Waals surface area contributed by atoms with Gasteiger partial charge in [-0.15, -0.1) is 0 Å². The Kier molecular flexibility index (Phi) is 5.84. The van der Waals surface area contributed by atoms with Gasteiger partial charge in [-0.2, -0.15) is 14.4 Å². The maximum atomic E-state index is 12.7. The molecule has 1 aromatic heterocycles. The van der Waals surface area contributed by atoms with Crippen molar-refractivity contribution in [1.82, 2.24) is 19.1 Å². The summed E-state index contributed by atoms with van der Waals surface area (Å²) in [4.78, 5) is 3.73. The van der Waals surface area contributed by atoms with E-state index in [2.05, 4.69) is 21.4 Å². The number of nitrogens with zero attached hydrogens (tertiary/aromatic N) is 4. The van der Waals surface area contributed by atoms with Gasteiger partial charge in [0.1, 0.15) is 6.33 Å². The van der Waals surface area contributed by atoms with E-state index in [4.69, 9.17) is 0 Å². The van der Waals surface area contributed by atoms with Crippen LogP contribution in [0.2, 0.25) is 0 Å². The largest absolute Gasteiger partial charge is 0.264 e. The zero-order valence-corrected chi connectivity index (χ0v) is 16.4. The first-order valence-electron chi connectivity index (χ1n) is 7.69. The van der Waals surface area contributed by atoms with Crippen molar-refractivity contribution in [2.45, 2.75) is 23.6 Å². The highest BCUT2D eigenvalue weighted by Gasteiger charge is 2.24. The number of rotatable bonds is 8. The smallest absolute Gasteiger partial charge is 0.247 e. The van der Waals surface area contributed by atoms with Crippen LogP contribution in [-0.2, 0) is 27.1 Å². The summed E-state index contributed by atoms with van der Waals surface area (Å²) in [6.07, 6.45) is 1.22. The molecule has 11 heteroatoms. The van der Waals surface area contributed by atoms with Crippen LogP contribution in [0.3, 0.4) is 0 Å². The average molecular weight is 399 g/mol. The Balaban J connectivity index is 2.29. The van der Waals surface area contributed by atoms with Crippen LogP contribution in [0.25, 0.3) is 0 Å². The van der Waals surface area contributed by atoms with Gasteiger partial charge in [0.25, 0.3) is 10.0 Å². The topological polar surface area (TPSA) is 114 Å². The van der Waals surface area contributed by atoms with E-state index in [0.29, 0.717) is 5.57 Å². The van der Waals surface area contributed by atoms with Gasteiger partial charge in [-0.1, -0.05) is 19.1 Å². The Labute approximate surface area is 153 Å². The zero-order chi connectivity index (χ0) is 19.5. The summed E-state index contributed by atoms with van der Waals surface area (Å²) in [7, 11) is -6.10. The molecular formula is C15H21N5O4S2. The first kappa shape index (κ1) is 20.1. The standard InChI is InChI=1S/C15H21N5O4S2/c1-5-20(10-12(2)3)26(23,24)14-8-6-13(7-9-14)25(21,22)18-15-16-11-17-19(15)4/h6-9,11H,2,5,10H2,1,3-4H3,(H,16,17,18). The van der Waals surface area contributed by atoms with E-state index in [0.717, 1.165) is 0 Å². The number of nitrogens with one attached hydrogen (secondary N) is 1. The number of aryl methyl sites for hydroxylation is 1. The van der Waals surface area contributed by atoms with Crippen molar-refractivity contribution in [3.05, 3.63) is 42.7 Å². The van der Waals surface area contributed by atoms with E-state index >= 15 is 0 Å². The number of anilines is 1. The van der Waals surface area contributed by atoms with Crippen LogP contribution in [0.5, 0.6) is 0 Å². The Bertz CT molecular complexity index is 995. The summed E-state index contributed by atoms with van der Waals surface area (Å²) in [6, 6.07) is 5.00. The third-order valence-corrected chi connectivity index (χ3v) is 6.79. The van der Waals surface area contributed by atoms with E-state index in [-0.39, 0.29) is 28.8 Å². The van der Waals surface area contributed by atoms with Crippen molar-refractivity contribution < 1.29 is 16.8 Å². The van der Waals surface area contributed by atoms with Crippen molar-refractivity contribution in [3.8, 4) is 0 Å². The molecule has 2 rings (SSSR count). The van der Waals surface area contributed by atoms with Gasteiger partial charge in [-0.25, -0.2) is 26.2 Å². The fraction of sp³-hybridized carbons (Fsp3) is 0.333. The van der Waals surface area contributed by atoms with Crippen molar-refractivity contribution in [2.75, 3.05) is 17.8 Å². The number of sulfonamides is 2. The molecule has 1 aromatic carbocycles. The summed E-state index contributed by atoms with van der Waals surface area (Å²) in [6.45, 7) is 7.68. The molecule has 0 amide bonds. The molecule has 0 radical (unpaired) electrons. The first-order chi connectivity index (χ1) is 12.1. The molecule has 0 fully saturated rings. The average Bonchev–Trinajstić information content (AvgIpc) is 2.96. The van der Waals surface area contributed by atoms with Gasteiger partial charge in [0.2, 0.25) is 16.0 Å². The van der Waals surface area contributed by atoms with Crippen molar-refractivity contribution >= 4 is 26.0 Å². The van der Waals surface area contributed by atoms with Crippen LogP contribution in [0.1, 0.15) is 13.8 Å². The van der Waals surface area contributed by atoms with E-state index < -0.39 is 20.0 Å². The van der Waals surface area contributed by atoms with Crippen LogP contribution < -0.4 is 4.72 Å². The molecule has 0 atom stereocenters. The molecule has 1 heterocycles. The molecule has 0 aliphatic carbocycles. The second-order valence-corrected chi connectivity index (χ2v) is 9.29. The number of benzene rings is 1. The fourth-order valence-electron chi connectivity index (χ4n) is 2.18. The summed E-state index contributed by atoms with van der Waals surface area (Å²) in [5.74, 6) is 0.0558. The molecular weight excluding hydrogens is 378 g/mol. The normalized spacial score (nSPS) is 12.3. The lowest BCUT2D eigenvalue weighted by atomic mass is 10.3. The highest BCUT2D eigenvalue weighted by Crippen LogP contribution is 2.20. The maximum Gasteiger partial charge on any atom is 0.264 e. The van der Waals surface area contributed by atoms with E-state index in [1.54, 1.807) is 20.9 Å². The molecule has 0 aliphatic heterocycles. The lowest BCUT2D eigenvalue weighted by molar-refractivity contribution is 0.453. The van der Waals surface area contributed by atoms with Gasteiger partial charge >= 0.3 is 0 Å². The van der Waals surface area contributed by atoms with E-state index in [9.17, 15) is 16.8 Å². The molecule has 0 bridgehead atoms. The number of likely N-dealkylation sites (N-methyl/N-ethyl adjacent to an activating group) is 1. The highest BCUT2D eigenvalue weighted by atomic mass is 32.2. The molecule has 0 spiro atoms. The van der Waals surface area contributed by atoms with Crippen LogP contribution >= 0.6 is 0 Å². The molecule has 0 saturated heterocycles. The predicted octanol–water partition coefficient (Wildman–Crippen LogP) is 1.20. The minimum absolute atomic E-state index is 0.0122. The first-order valence-corrected chi connectivity index (χ1v) is 10.6. The molecule has 0 aliphatic rings. The van der Waals surface area contributed by atoms with Crippen LogP contribution in [0, 0.1) is 0 Å². The molecule has 142 valence electrons. The SMILES string of the molecule is C=C(C)CN(CC)S(=O)(=O)c1ccc(S(=O)(=O)Nc2ncnn2C)cc1. The van der Waals surface area contributed by atoms with Gasteiger partial charge < -0.3 is 0 Å². The van der Waals surface area contributed by atoms with Crippen molar-refractivity contribution in [3.63, 3.8) is 0 Å². The summed E-state index contributed by atoms with van der Waals surface area (Å²) >= 11 is 0. The monoisotopic (exact) mass is 399 g/mol. The molecule has 26 heavy (non-hydrogen) atoms. The summed E-state index contributed by atoms with van der Waals surface area (Å²) < 4.78 is 54.9. The second-order valence-electron chi connectivity index (χ2n) is 5.67. The molecule has 0 saturated carbocycles. The van der Waals surface area contributed by atoms with E-state index in [1.165, 1.54) is 39.6 Å². The van der Waals surface area contributed by atoms with Gasteiger partial charge in [-0.3, -0.25) is 0 Å². The highest BCUT2D eigenvalue weighted by molar-refractivity contribution is 7.92. The lowest BCUT2D eigenvalue weighted by Gasteiger charge is -2.20. The van der Waals surface area contributed by atoms with Crippen LogP contribution in [0.15, 0.2) is 52.5 Å². The van der Waals surface area contributed by atoms with Crippen molar-refractivity contribution in [2.24, 2.45) is 7.05 Å². The predicted molar refractivity (Wildman–Crippen MR) is 97.5 cm³/mol. The Morgan fingerprint density at radius 3 is 2.23 bits per heavy atom. The third kappa shape index (κ3) is 4.29. The minimum atomic E-state index is -3.91. The fourth-order valence-corrected chi connectivity index (χ4v) is 4.72. The lowest BCUT2D eigenvalue weighted by Crippen LogP contribution is -2.32. The van der Waals surface area contributed by atoms with Gasteiger partial charge in [0.15, 0.2) is 0 Å². The van der Waals surface area contributed by atoms with Crippen LogP contribution in [0.4, 0.5) is 5.95 Å². The Morgan fingerprint density at radius 1 is 1.19 bits per heavy atom. The van der Waals surface area contributed by atoms with E-state index in [1.807, 2.05) is 0 Å². The second kappa shape index (κ2) is 7.56. The number of hydrogen-bond donors (Lipinski definition) is 1. The third-order valence-electron chi connectivity index (χ3n) is 3.51. The van der Waals surface area contributed by atoms with Gasteiger partial charge in [-0.05, 0) is 31.2 Å². The Hall–Kier alpha value is -2.24. The van der Waals surface area contributed by atoms with Gasteiger partial charge in [0, 0.05) is 20.1 Å². The maximum absolute atomic E-state index is 12.7. The minimum Gasteiger partial charge on any atom is -0.247 e. The van der Waals surface area contributed by atoms with Gasteiger partial charge in [0.05, 0.1) is 9.79 Å². The zero-order valence-electron chi connectivity index (χ0n) is 14.7. The van der Waals surface area contributed by atoms with Crippen molar-refractivity contribution in [1.29, 1.82) is 0 Å². The molecule has 0 unspecified atom stereocenters. The van der Waals surface area contributed by atoms with Crippen LogP contribution in [-0.4, -0.2) is 49.0 Å². The summed E-state index contributed by atoms with van der Waals surface area (Å²) in [5.41, 5.74) is 0.711. The molecule has 2 aromatic rings. The quantitative estimate of drug-likeness (QED) is 0.667. The molecule has 1 N–H and O–H groups in total. The summed E-state index contributed by atoms with van der Waals surface area (Å²) in [5, 5.41) is 3.78. The number of hydrogen-bond acceptors (Lipinski definition) is 6. The molecule has 9 nitrogen and oxygen atoms in total. The number of aromatic nitrogens is 3. The Morgan fingerprint density at radius 2 is 1.77 bits per heavy atom.